The molecule has 2 N–H and O–H groups in total. The number of amides is 1. The number of rotatable bonds is 7. The van der Waals surface area contributed by atoms with Gasteiger partial charge in [0.15, 0.2) is 0 Å². The molecule has 0 aromatic heterocycles. The summed E-state index contributed by atoms with van der Waals surface area (Å²) in [6.07, 6.45) is 2.04. The third kappa shape index (κ3) is 5.38. The van der Waals surface area contributed by atoms with Crippen molar-refractivity contribution in [2.45, 2.75) is 39.2 Å². The van der Waals surface area contributed by atoms with Crippen LogP contribution in [0.25, 0.3) is 0 Å². The number of halogens is 1. The van der Waals surface area contributed by atoms with E-state index < -0.39 is 5.97 Å². The quantitative estimate of drug-likeness (QED) is 0.807. The molecule has 5 heteroatoms. The van der Waals surface area contributed by atoms with Gasteiger partial charge in [-0.2, -0.15) is 0 Å². The minimum Gasteiger partial charge on any atom is -0.481 e. The minimum absolute atomic E-state index is 0.0476. The number of aliphatic carboxylic acids is 1. The zero-order valence-electron chi connectivity index (χ0n) is 11.7. The average Bonchev–Trinajstić information content (AvgIpc) is 2.39. The minimum atomic E-state index is -0.798. The van der Waals surface area contributed by atoms with Gasteiger partial charge in [0.2, 0.25) is 0 Å². The predicted octanol–water partition coefficient (Wildman–Crippen LogP) is 2.84. The second-order valence-electron chi connectivity index (χ2n) is 5.05. The monoisotopic (exact) mass is 281 g/mol. The molecule has 1 amide bonds. The summed E-state index contributed by atoms with van der Waals surface area (Å²) in [5, 5.41) is 11.6. The first-order valence-electron chi connectivity index (χ1n) is 6.69. The lowest BCUT2D eigenvalue weighted by molar-refractivity contribution is -0.141. The van der Waals surface area contributed by atoms with Crippen LogP contribution < -0.4 is 5.32 Å². The Morgan fingerprint density at radius 2 is 1.80 bits per heavy atom. The fourth-order valence-corrected chi connectivity index (χ4v) is 1.83. The molecule has 0 heterocycles. The second-order valence-corrected chi connectivity index (χ2v) is 5.05. The predicted molar refractivity (Wildman–Crippen MR) is 74.0 cm³/mol. The lowest BCUT2D eigenvalue weighted by Gasteiger charge is -2.14. The number of benzene rings is 1. The van der Waals surface area contributed by atoms with E-state index in [9.17, 15) is 14.0 Å². The maximum atomic E-state index is 12.7. The lowest BCUT2D eigenvalue weighted by atomic mass is 10.0. The Labute approximate surface area is 118 Å². The Kier molecular flexibility index (Phi) is 6.15. The Morgan fingerprint density at radius 1 is 1.20 bits per heavy atom. The van der Waals surface area contributed by atoms with Gasteiger partial charge in [-0.05, 0) is 44.0 Å². The van der Waals surface area contributed by atoms with Crippen LogP contribution in [0.15, 0.2) is 24.3 Å². The van der Waals surface area contributed by atoms with Crippen molar-refractivity contribution in [3.05, 3.63) is 35.6 Å². The van der Waals surface area contributed by atoms with E-state index in [1.807, 2.05) is 6.92 Å². The van der Waals surface area contributed by atoms with Gasteiger partial charge in [0.25, 0.3) is 5.91 Å². The van der Waals surface area contributed by atoms with Crippen molar-refractivity contribution in [3.63, 3.8) is 0 Å². The van der Waals surface area contributed by atoms with Crippen LogP contribution in [0.5, 0.6) is 0 Å². The summed E-state index contributed by atoms with van der Waals surface area (Å²) in [5.41, 5.74) is 0.414. The first-order chi connectivity index (χ1) is 9.40. The van der Waals surface area contributed by atoms with Crippen molar-refractivity contribution in [2.24, 2.45) is 5.92 Å². The van der Waals surface area contributed by atoms with Crippen LogP contribution in [0.3, 0.4) is 0 Å². The smallest absolute Gasteiger partial charge is 0.306 e. The van der Waals surface area contributed by atoms with E-state index in [4.69, 9.17) is 5.11 Å². The Hall–Kier alpha value is -1.91. The van der Waals surface area contributed by atoms with Crippen LogP contribution in [-0.4, -0.2) is 23.0 Å². The van der Waals surface area contributed by atoms with Gasteiger partial charge in [0.1, 0.15) is 5.82 Å². The molecule has 0 aliphatic carbocycles. The largest absolute Gasteiger partial charge is 0.481 e. The molecule has 0 saturated carbocycles. The number of carboxylic acid groups (broad SMARTS) is 1. The van der Waals surface area contributed by atoms with E-state index in [0.29, 0.717) is 18.4 Å². The number of carbonyl (C=O) groups is 2. The second kappa shape index (κ2) is 7.62. The standard InChI is InChI=1S/C15H20FNO3/c1-10(15(19)20)4-3-5-11(2)17-14(18)12-6-8-13(16)9-7-12/h6-11H,3-5H2,1-2H3,(H,17,18)(H,19,20). The Bertz CT molecular complexity index is 459. The van der Waals surface area contributed by atoms with E-state index in [1.165, 1.54) is 24.3 Å². The number of carboxylic acids is 1. The molecule has 1 aromatic rings. The molecule has 20 heavy (non-hydrogen) atoms. The Balaban J connectivity index is 2.35. The van der Waals surface area contributed by atoms with Gasteiger partial charge >= 0.3 is 5.97 Å². The first kappa shape index (κ1) is 16.1. The zero-order valence-corrected chi connectivity index (χ0v) is 11.7. The van der Waals surface area contributed by atoms with Gasteiger partial charge in [0.05, 0.1) is 5.92 Å². The number of hydrogen-bond donors (Lipinski definition) is 2. The summed E-state index contributed by atoms with van der Waals surface area (Å²) in [4.78, 5) is 22.5. The molecule has 1 rings (SSSR count). The van der Waals surface area contributed by atoms with Gasteiger partial charge in [-0.25, -0.2) is 4.39 Å². The fourth-order valence-electron chi connectivity index (χ4n) is 1.83. The van der Waals surface area contributed by atoms with Gasteiger partial charge in [-0.15, -0.1) is 0 Å². The van der Waals surface area contributed by atoms with Crippen molar-refractivity contribution in [1.29, 1.82) is 0 Å². The summed E-state index contributed by atoms with van der Waals surface area (Å²) in [7, 11) is 0. The van der Waals surface area contributed by atoms with Crippen LogP contribution in [0, 0.1) is 11.7 Å². The van der Waals surface area contributed by atoms with Crippen molar-refractivity contribution in [3.8, 4) is 0 Å². The van der Waals surface area contributed by atoms with E-state index in [0.717, 1.165) is 6.42 Å². The highest BCUT2D eigenvalue weighted by Gasteiger charge is 2.13. The maximum Gasteiger partial charge on any atom is 0.306 e. The topological polar surface area (TPSA) is 66.4 Å². The van der Waals surface area contributed by atoms with Gasteiger partial charge in [-0.1, -0.05) is 13.3 Å². The van der Waals surface area contributed by atoms with Gasteiger partial charge < -0.3 is 10.4 Å². The molecule has 0 radical (unpaired) electrons. The summed E-state index contributed by atoms with van der Waals surface area (Å²) in [5.74, 6) is -1.79. The highest BCUT2D eigenvalue weighted by Crippen LogP contribution is 2.10. The molecule has 4 nitrogen and oxygen atoms in total. The number of nitrogens with one attached hydrogen (secondary N) is 1. The van der Waals surface area contributed by atoms with Crippen molar-refractivity contribution < 1.29 is 19.1 Å². The first-order valence-corrected chi connectivity index (χ1v) is 6.69. The summed E-state index contributed by atoms with van der Waals surface area (Å²) >= 11 is 0. The van der Waals surface area contributed by atoms with Crippen molar-refractivity contribution >= 4 is 11.9 Å². The lowest BCUT2D eigenvalue weighted by Crippen LogP contribution is -2.32. The van der Waals surface area contributed by atoms with E-state index in [2.05, 4.69) is 5.32 Å². The summed E-state index contributed by atoms with van der Waals surface area (Å²) < 4.78 is 12.7. The normalized spacial score (nSPS) is 13.6. The molecule has 1 aromatic carbocycles. The molecule has 0 spiro atoms. The molecule has 0 saturated heterocycles. The number of hydrogen-bond acceptors (Lipinski definition) is 2. The van der Waals surface area contributed by atoms with Crippen LogP contribution in [0.2, 0.25) is 0 Å². The van der Waals surface area contributed by atoms with Crippen LogP contribution in [0.4, 0.5) is 4.39 Å². The third-order valence-electron chi connectivity index (χ3n) is 3.18. The van der Waals surface area contributed by atoms with Crippen molar-refractivity contribution in [1.82, 2.24) is 5.32 Å². The Morgan fingerprint density at radius 3 is 2.35 bits per heavy atom. The highest BCUT2D eigenvalue weighted by molar-refractivity contribution is 5.94. The van der Waals surface area contributed by atoms with Gasteiger partial charge in [0, 0.05) is 11.6 Å². The molecule has 2 unspecified atom stereocenters. The molecule has 0 fully saturated rings. The summed E-state index contributed by atoms with van der Waals surface area (Å²) in [6.45, 7) is 3.54. The highest BCUT2D eigenvalue weighted by atomic mass is 19.1. The molecule has 2 atom stereocenters. The molecule has 0 aliphatic rings. The van der Waals surface area contributed by atoms with Crippen LogP contribution >= 0.6 is 0 Å². The molecular weight excluding hydrogens is 261 g/mol. The van der Waals surface area contributed by atoms with E-state index in [-0.39, 0.29) is 23.7 Å². The molecule has 0 bridgehead atoms. The fraction of sp³-hybridized carbons (Fsp3) is 0.467. The third-order valence-corrected chi connectivity index (χ3v) is 3.18. The van der Waals surface area contributed by atoms with E-state index >= 15 is 0 Å². The van der Waals surface area contributed by atoms with E-state index in [1.54, 1.807) is 6.92 Å². The van der Waals surface area contributed by atoms with Crippen LogP contribution in [-0.2, 0) is 4.79 Å². The SMILES string of the molecule is CC(CCCC(C)C(=O)O)NC(=O)c1ccc(F)cc1. The number of carbonyl (C=O) groups excluding carboxylic acids is 1. The van der Waals surface area contributed by atoms with Crippen molar-refractivity contribution in [2.75, 3.05) is 0 Å². The molecular formula is C15H20FNO3. The molecule has 0 aliphatic heterocycles. The zero-order chi connectivity index (χ0) is 15.1. The van der Waals surface area contributed by atoms with Crippen LogP contribution in [0.1, 0.15) is 43.5 Å². The maximum absolute atomic E-state index is 12.7. The molecule has 110 valence electrons. The average molecular weight is 281 g/mol. The summed E-state index contributed by atoms with van der Waals surface area (Å²) in [6, 6.07) is 5.31. The van der Waals surface area contributed by atoms with Gasteiger partial charge in [-0.3, -0.25) is 9.59 Å².